The van der Waals surface area contributed by atoms with Crippen LogP contribution in [0.25, 0.3) is 0 Å². The van der Waals surface area contributed by atoms with Crippen molar-refractivity contribution in [3.63, 3.8) is 0 Å². The lowest BCUT2D eigenvalue weighted by Gasteiger charge is -2.34. The molecular weight excluding hydrogens is 546 g/mol. The molecule has 42 heavy (non-hydrogen) atoms. The third-order valence-electron chi connectivity index (χ3n) is 7.45. The fourth-order valence-corrected chi connectivity index (χ4v) is 6.33. The van der Waals surface area contributed by atoms with E-state index in [1.54, 1.807) is 36.4 Å². The van der Waals surface area contributed by atoms with Crippen molar-refractivity contribution in [1.82, 2.24) is 10.2 Å². The smallest absolute Gasteiger partial charge is 0.264 e. The number of hydrogen-bond acceptors (Lipinski definition) is 4. The van der Waals surface area contributed by atoms with Gasteiger partial charge in [0.1, 0.15) is 12.6 Å². The second-order valence-corrected chi connectivity index (χ2v) is 12.2. The molecule has 218 valence electrons. The van der Waals surface area contributed by atoms with Crippen molar-refractivity contribution in [2.24, 2.45) is 0 Å². The minimum atomic E-state index is -4.14. The molecule has 0 spiro atoms. The minimum absolute atomic E-state index is 0.0866. The van der Waals surface area contributed by atoms with E-state index in [2.05, 4.69) is 5.32 Å². The number of nitrogens with zero attached hydrogens (tertiary/aromatic N) is 2. The predicted molar refractivity (Wildman–Crippen MR) is 167 cm³/mol. The van der Waals surface area contributed by atoms with Crippen LogP contribution in [0.2, 0.25) is 0 Å². The van der Waals surface area contributed by atoms with Gasteiger partial charge in [-0.3, -0.25) is 13.9 Å². The second-order valence-electron chi connectivity index (χ2n) is 10.4. The van der Waals surface area contributed by atoms with Gasteiger partial charge >= 0.3 is 0 Å². The van der Waals surface area contributed by atoms with Crippen molar-refractivity contribution in [3.05, 3.63) is 131 Å². The first-order valence-corrected chi connectivity index (χ1v) is 15.3. The van der Waals surface area contributed by atoms with E-state index in [1.807, 2.05) is 87.5 Å². The molecule has 0 radical (unpaired) electrons. The Morgan fingerprint density at radius 2 is 1.36 bits per heavy atom. The summed E-state index contributed by atoms with van der Waals surface area (Å²) in [6.45, 7) is 5.29. The molecule has 4 aromatic rings. The van der Waals surface area contributed by atoms with Crippen LogP contribution in [-0.4, -0.2) is 44.8 Å². The molecule has 0 fully saturated rings. The normalized spacial score (nSPS) is 11.9. The van der Waals surface area contributed by atoms with E-state index < -0.39 is 28.5 Å². The van der Waals surface area contributed by atoms with Crippen LogP contribution in [0.4, 0.5) is 5.69 Å². The summed E-state index contributed by atoms with van der Waals surface area (Å²) in [5, 5.41) is 2.70. The van der Waals surface area contributed by atoms with Gasteiger partial charge < -0.3 is 10.2 Å². The molecule has 1 N–H and O–H groups in total. The van der Waals surface area contributed by atoms with Crippen molar-refractivity contribution in [2.75, 3.05) is 17.9 Å². The average Bonchev–Trinajstić information content (AvgIpc) is 3.00. The van der Waals surface area contributed by atoms with Crippen LogP contribution in [0.15, 0.2) is 108 Å². The summed E-state index contributed by atoms with van der Waals surface area (Å²) in [6, 6.07) is 30.0. The SMILES string of the molecule is CNC(=O)[C@H](Cc1ccccc1)N(Cc1ccccc1)C(=O)CN(c1cccc(C)c1C)S(=O)(=O)c1ccc(C)cc1. The summed E-state index contributed by atoms with van der Waals surface area (Å²) in [6.07, 6.45) is 0.271. The number of hydrogen-bond donors (Lipinski definition) is 1. The van der Waals surface area contributed by atoms with E-state index in [-0.39, 0.29) is 23.8 Å². The summed E-state index contributed by atoms with van der Waals surface area (Å²) in [4.78, 5) is 29.2. The molecule has 0 aliphatic rings. The summed E-state index contributed by atoms with van der Waals surface area (Å²) in [5.74, 6) is -0.817. The maximum atomic E-state index is 14.4. The summed E-state index contributed by atoms with van der Waals surface area (Å²) in [7, 11) is -2.60. The van der Waals surface area contributed by atoms with Gasteiger partial charge in [-0.05, 0) is 61.2 Å². The zero-order valence-corrected chi connectivity index (χ0v) is 25.3. The summed E-state index contributed by atoms with van der Waals surface area (Å²) < 4.78 is 29.5. The molecule has 4 rings (SSSR count). The maximum Gasteiger partial charge on any atom is 0.264 e. The molecule has 8 heteroatoms. The van der Waals surface area contributed by atoms with Crippen LogP contribution in [0.5, 0.6) is 0 Å². The van der Waals surface area contributed by atoms with E-state index in [9.17, 15) is 18.0 Å². The number of carbonyl (C=O) groups is 2. The lowest BCUT2D eigenvalue weighted by atomic mass is 10.0. The van der Waals surface area contributed by atoms with Crippen molar-refractivity contribution in [2.45, 2.75) is 44.7 Å². The van der Waals surface area contributed by atoms with Gasteiger partial charge in [0.15, 0.2) is 0 Å². The average molecular weight is 584 g/mol. The van der Waals surface area contributed by atoms with Crippen LogP contribution in [0, 0.1) is 20.8 Å². The standard InChI is InChI=1S/C34H37N3O4S/c1-25-18-20-30(21-19-25)42(40,41)37(31-17-11-12-26(2)27(31)3)24-33(38)36(23-29-15-9-6-10-16-29)32(34(39)35-4)22-28-13-7-5-8-14-28/h5-21,32H,22-24H2,1-4H3,(H,35,39)/t32-/m0/s1. The van der Waals surface area contributed by atoms with Crippen molar-refractivity contribution in [3.8, 4) is 0 Å². The Bertz CT molecular complexity index is 1620. The number of likely N-dealkylation sites (N-methyl/N-ethyl adjacent to an activating group) is 1. The highest BCUT2D eigenvalue weighted by molar-refractivity contribution is 7.92. The number of aryl methyl sites for hydroxylation is 2. The first-order valence-electron chi connectivity index (χ1n) is 13.9. The molecule has 1 atom stereocenters. The Morgan fingerprint density at radius 3 is 1.95 bits per heavy atom. The lowest BCUT2D eigenvalue weighted by molar-refractivity contribution is -0.139. The third kappa shape index (κ3) is 7.06. The van der Waals surface area contributed by atoms with Crippen LogP contribution >= 0.6 is 0 Å². The highest BCUT2D eigenvalue weighted by Gasteiger charge is 2.34. The molecule has 0 unspecified atom stereocenters. The van der Waals surface area contributed by atoms with Gasteiger partial charge in [0.2, 0.25) is 11.8 Å². The first-order chi connectivity index (χ1) is 20.1. The molecule has 0 aromatic heterocycles. The van der Waals surface area contributed by atoms with Crippen LogP contribution in [0.1, 0.15) is 27.8 Å². The van der Waals surface area contributed by atoms with Crippen LogP contribution < -0.4 is 9.62 Å². The summed E-state index contributed by atoms with van der Waals surface area (Å²) in [5.41, 5.74) is 4.71. The molecule has 0 saturated carbocycles. The predicted octanol–water partition coefficient (Wildman–Crippen LogP) is 5.19. The number of carbonyl (C=O) groups excluding carboxylic acids is 2. The van der Waals surface area contributed by atoms with Gasteiger partial charge in [-0.1, -0.05) is 90.5 Å². The largest absolute Gasteiger partial charge is 0.357 e. The third-order valence-corrected chi connectivity index (χ3v) is 9.22. The molecule has 7 nitrogen and oxygen atoms in total. The number of rotatable bonds is 11. The van der Waals surface area contributed by atoms with Gasteiger partial charge in [0.05, 0.1) is 10.6 Å². The molecule has 0 saturated heterocycles. The zero-order chi connectivity index (χ0) is 30.3. The fraction of sp³-hybridized carbons (Fsp3) is 0.235. The fourth-order valence-electron chi connectivity index (χ4n) is 4.86. The quantitative estimate of drug-likeness (QED) is 0.263. The van der Waals surface area contributed by atoms with E-state index >= 15 is 0 Å². The molecule has 4 aromatic carbocycles. The van der Waals surface area contributed by atoms with Crippen molar-refractivity contribution < 1.29 is 18.0 Å². The zero-order valence-electron chi connectivity index (χ0n) is 24.4. The summed E-state index contributed by atoms with van der Waals surface area (Å²) >= 11 is 0. The van der Waals surface area contributed by atoms with E-state index in [4.69, 9.17) is 0 Å². The van der Waals surface area contributed by atoms with E-state index in [0.717, 1.165) is 27.8 Å². The number of amides is 2. The second kappa shape index (κ2) is 13.5. The van der Waals surface area contributed by atoms with E-state index in [0.29, 0.717) is 5.69 Å². The van der Waals surface area contributed by atoms with Gasteiger partial charge in [-0.25, -0.2) is 8.42 Å². The van der Waals surface area contributed by atoms with Crippen LogP contribution in [-0.2, 0) is 32.6 Å². The Labute approximate surface area is 248 Å². The van der Waals surface area contributed by atoms with Gasteiger partial charge in [-0.2, -0.15) is 0 Å². The molecule has 2 amide bonds. The van der Waals surface area contributed by atoms with Crippen molar-refractivity contribution >= 4 is 27.5 Å². The molecule has 0 heterocycles. The number of anilines is 1. The Hall–Kier alpha value is -4.43. The monoisotopic (exact) mass is 583 g/mol. The number of benzene rings is 4. The highest BCUT2D eigenvalue weighted by atomic mass is 32.2. The maximum absolute atomic E-state index is 14.4. The molecular formula is C34H37N3O4S. The minimum Gasteiger partial charge on any atom is -0.357 e. The van der Waals surface area contributed by atoms with E-state index in [1.165, 1.54) is 16.3 Å². The van der Waals surface area contributed by atoms with Gasteiger partial charge in [0, 0.05) is 20.0 Å². The Kier molecular flexibility index (Phi) is 9.80. The highest BCUT2D eigenvalue weighted by Crippen LogP contribution is 2.29. The molecule has 0 aliphatic carbocycles. The Morgan fingerprint density at radius 1 is 0.762 bits per heavy atom. The lowest BCUT2D eigenvalue weighted by Crippen LogP contribution is -2.53. The topological polar surface area (TPSA) is 86.8 Å². The number of sulfonamides is 1. The van der Waals surface area contributed by atoms with Crippen LogP contribution in [0.3, 0.4) is 0 Å². The first kappa shape index (κ1) is 30.5. The van der Waals surface area contributed by atoms with Gasteiger partial charge in [-0.15, -0.1) is 0 Å². The van der Waals surface area contributed by atoms with Gasteiger partial charge in [0.25, 0.3) is 10.0 Å². The molecule has 0 bridgehead atoms. The Balaban J connectivity index is 1.81. The number of nitrogens with one attached hydrogen (secondary N) is 1. The molecule has 0 aliphatic heterocycles. The van der Waals surface area contributed by atoms with Crippen molar-refractivity contribution in [1.29, 1.82) is 0 Å².